The van der Waals surface area contributed by atoms with Crippen molar-refractivity contribution in [1.29, 1.82) is 0 Å². The fraction of sp³-hybridized carbons (Fsp3) is 0.389. The lowest BCUT2D eigenvalue weighted by atomic mass is 10.1. The van der Waals surface area contributed by atoms with Crippen molar-refractivity contribution in [3.8, 4) is 10.8 Å². The quantitative estimate of drug-likeness (QED) is 0.704. The van der Waals surface area contributed by atoms with Crippen molar-refractivity contribution in [3.63, 3.8) is 0 Å². The van der Waals surface area contributed by atoms with E-state index in [2.05, 4.69) is 28.4 Å². The molecule has 0 aliphatic heterocycles. The Morgan fingerprint density at radius 2 is 2.28 bits per heavy atom. The van der Waals surface area contributed by atoms with Gasteiger partial charge in [0.15, 0.2) is 10.8 Å². The second kappa shape index (κ2) is 7.65. The van der Waals surface area contributed by atoms with E-state index in [1.54, 1.807) is 6.26 Å². The van der Waals surface area contributed by atoms with Gasteiger partial charge in [0.25, 0.3) is 0 Å². The maximum absolute atomic E-state index is 12.1. The van der Waals surface area contributed by atoms with Crippen LogP contribution in [-0.4, -0.2) is 27.2 Å². The average Bonchev–Trinajstić information content (AvgIpc) is 3.27. The number of nitrogens with one attached hydrogen (secondary N) is 1. The van der Waals surface area contributed by atoms with Gasteiger partial charge in [0.05, 0.1) is 24.1 Å². The molecular weight excluding hydrogens is 336 g/mol. The molecule has 3 aromatic heterocycles. The first-order valence-electron chi connectivity index (χ1n) is 8.27. The second-order valence-electron chi connectivity index (χ2n) is 6.32. The van der Waals surface area contributed by atoms with Gasteiger partial charge in [-0.25, -0.2) is 4.98 Å². The molecule has 0 saturated carbocycles. The molecule has 0 saturated heterocycles. The van der Waals surface area contributed by atoms with Crippen molar-refractivity contribution in [1.82, 2.24) is 20.1 Å². The molecule has 1 atom stereocenters. The zero-order valence-electron chi connectivity index (χ0n) is 14.7. The molecule has 25 heavy (non-hydrogen) atoms. The third-order valence-electron chi connectivity index (χ3n) is 3.86. The van der Waals surface area contributed by atoms with Crippen LogP contribution < -0.4 is 5.32 Å². The SMILES string of the molecule is Cc1cc(C)n(CC(C)CNC(=O)Cc2csc(-c3ccco3)n2)n1. The number of thiazole rings is 1. The lowest BCUT2D eigenvalue weighted by Gasteiger charge is -2.13. The minimum absolute atomic E-state index is 0.0171. The first-order valence-corrected chi connectivity index (χ1v) is 9.15. The highest BCUT2D eigenvalue weighted by atomic mass is 32.1. The minimum Gasteiger partial charge on any atom is -0.462 e. The third-order valence-corrected chi connectivity index (χ3v) is 4.77. The van der Waals surface area contributed by atoms with Crippen molar-refractivity contribution >= 4 is 17.2 Å². The number of carbonyl (C=O) groups excluding carboxylic acids is 1. The molecule has 3 aromatic rings. The summed E-state index contributed by atoms with van der Waals surface area (Å²) in [6, 6.07) is 5.75. The van der Waals surface area contributed by atoms with Crippen LogP contribution in [0.5, 0.6) is 0 Å². The fourth-order valence-corrected chi connectivity index (χ4v) is 3.42. The Kier molecular flexibility index (Phi) is 5.33. The van der Waals surface area contributed by atoms with Gasteiger partial charge in [-0.1, -0.05) is 6.92 Å². The standard InChI is InChI=1S/C18H22N4O2S/c1-12(10-22-14(3)7-13(2)21-22)9-19-17(23)8-15-11-25-18(20-15)16-5-4-6-24-16/h4-7,11-12H,8-10H2,1-3H3,(H,19,23). The van der Waals surface area contributed by atoms with Gasteiger partial charge in [-0.15, -0.1) is 11.3 Å². The number of rotatable bonds is 7. The summed E-state index contributed by atoms with van der Waals surface area (Å²) < 4.78 is 7.31. The highest BCUT2D eigenvalue weighted by Crippen LogP contribution is 2.24. The molecule has 1 N–H and O–H groups in total. The van der Waals surface area contributed by atoms with Crippen molar-refractivity contribution in [2.24, 2.45) is 5.92 Å². The molecule has 1 amide bonds. The summed E-state index contributed by atoms with van der Waals surface area (Å²) in [5.41, 5.74) is 2.92. The Morgan fingerprint density at radius 1 is 1.44 bits per heavy atom. The molecule has 132 valence electrons. The van der Waals surface area contributed by atoms with Crippen LogP contribution >= 0.6 is 11.3 Å². The van der Waals surface area contributed by atoms with E-state index in [1.807, 2.05) is 36.0 Å². The van der Waals surface area contributed by atoms with Crippen molar-refractivity contribution in [2.45, 2.75) is 33.7 Å². The normalized spacial score (nSPS) is 12.3. The zero-order chi connectivity index (χ0) is 17.8. The van der Waals surface area contributed by atoms with E-state index < -0.39 is 0 Å². The maximum atomic E-state index is 12.1. The minimum atomic E-state index is -0.0171. The Balaban J connectivity index is 1.47. The first kappa shape index (κ1) is 17.4. The Bertz CT molecular complexity index is 835. The number of hydrogen-bond acceptors (Lipinski definition) is 5. The molecule has 0 spiro atoms. The zero-order valence-corrected chi connectivity index (χ0v) is 15.5. The van der Waals surface area contributed by atoms with E-state index in [4.69, 9.17) is 4.42 Å². The largest absolute Gasteiger partial charge is 0.462 e. The molecule has 0 aliphatic carbocycles. The van der Waals surface area contributed by atoms with E-state index in [1.165, 1.54) is 11.3 Å². The van der Waals surface area contributed by atoms with Crippen molar-refractivity contribution in [3.05, 3.63) is 46.9 Å². The molecule has 0 aliphatic rings. The topological polar surface area (TPSA) is 73.0 Å². The molecule has 0 bridgehead atoms. The molecule has 1 unspecified atom stereocenters. The molecule has 0 aromatic carbocycles. The van der Waals surface area contributed by atoms with Gasteiger partial charge in [0.2, 0.25) is 5.91 Å². The monoisotopic (exact) mass is 358 g/mol. The van der Waals surface area contributed by atoms with Crippen molar-refractivity contribution in [2.75, 3.05) is 6.54 Å². The molecule has 0 fully saturated rings. The molecule has 3 rings (SSSR count). The van der Waals surface area contributed by atoms with Crippen LogP contribution in [0.4, 0.5) is 0 Å². The fourth-order valence-electron chi connectivity index (χ4n) is 2.64. The lowest BCUT2D eigenvalue weighted by molar-refractivity contribution is -0.120. The van der Waals surface area contributed by atoms with Gasteiger partial charge in [0.1, 0.15) is 0 Å². The summed E-state index contributed by atoms with van der Waals surface area (Å²) in [5.74, 6) is 1.02. The predicted molar refractivity (Wildman–Crippen MR) is 97.4 cm³/mol. The first-order chi connectivity index (χ1) is 12.0. The van der Waals surface area contributed by atoms with E-state index in [0.29, 0.717) is 12.5 Å². The summed E-state index contributed by atoms with van der Waals surface area (Å²) >= 11 is 1.48. The molecule has 0 radical (unpaired) electrons. The lowest BCUT2D eigenvalue weighted by Crippen LogP contribution is -2.31. The van der Waals surface area contributed by atoms with Crippen LogP contribution in [0.25, 0.3) is 10.8 Å². The van der Waals surface area contributed by atoms with Gasteiger partial charge >= 0.3 is 0 Å². The number of aromatic nitrogens is 3. The van der Waals surface area contributed by atoms with E-state index in [-0.39, 0.29) is 12.3 Å². The number of carbonyl (C=O) groups is 1. The van der Waals surface area contributed by atoms with Crippen LogP contribution in [0, 0.1) is 19.8 Å². The highest BCUT2D eigenvalue weighted by molar-refractivity contribution is 7.13. The summed E-state index contributed by atoms with van der Waals surface area (Å²) in [6.07, 6.45) is 1.90. The number of hydrogen-bond donors (Lipinski definition) is 1. The number of amides is 1. The summed E-state index contributed by atoms with van der Waals surface area (Å²) in [7, 11) is 0. The molecule has 3 heterocycles. The second-order valence-corrected chi connectivity index (χ2v) is 7.17. The summed E-state index contributed by atoms with van der Waals surface area (Å²) in [4.78, 5) is 16.6. The molecular formula is C18H22N4O2S. The molecule has 7 heteroatoms. The Morgan fingerprint density at radius 3 is 2.96 bits per heavy atom. The Hall–Kier alpha value is -2.41. The van der Waals surface area contributed by atoms with Gasteiger partial charge in [-0.2, -0.15) is 5.10 Å². The number of nitrogens with zero attached hydrogens (tertiary/aromatic N) is 3. The van der Waals surface area contributed by atoms with Crippen LogP contribution in [-0.2, 0) is 17.8 Å². The van der Waals surface area contributed by atoms with Gasteiger partial charge in [-0.3, -0.25) is 9.48 Å². The van der Waals surface area contributed by atoms with Crippen LogP contribution in [0.1, 0.15) is 24.0 Å². The van der Waals surface area contributed by atoms with Gasteiger partial charge in [0, 0.05) is 24.2 Å². The van der Waals surface area contributed by atoms with Crippen molar-refractivity contribution < 1.29 is 9.21 Å². The predicted octanol–water partition coefficient (Wildman–Crippen LogP) is 3.21. The van der Waals surface area contributed by atoms with E-state index in [0.717, 1.165) is 34.4 Å². The van der Waals surface area contributed by atoms with Crippen LogP contribution in [0.15, 0.2) is 34.3 Å². The Labute approximate surface area is 150 Å². The van der Waals surface area contributed by atoms with Crippen LogP contribution in [0.2, 0.25) is 0 Å². The maximum Gasteiger partial charge on any atom is 0.226 e. The smallest absolute Gasteiger partial charge is 0.226 e. The number of furan rings is 1. The van der Waals surface area contributed by atoms with Gasteiger partial charge in [-0.05, 0) is 38.0 Å². The highest BCUT2D eigenvalue weighted by Gasteiger charge is 2.12. The molecule has 6 nitrogen and oxygen atoms in total. The van der Waals surface area contributed by atoms with Gasteiger partial charge < -0.3 is 9.73 Å². The number of aryl methyl sites for hydroxylation is 2. The van der Waals surface area contributed by atoms with E-state index >= 15 is 0 Å². The average molecular weight is 358 g/mol. The summed E-state index contributed by atoms with van der Waals surface area (Å²) in [5, 5.41) is 10.1. The third kappa shape index (κ3) is 4.57. The summed E-state index contributed by atoms with van der Waals surface area (Å²) in [6.45, 7) is 7.55. The van der Waals surface area contributed by atoms with E-state index in [9.17, 15) is 4.79 Å². The van der Waals surface area contributed by atoms with Crippen LogP contribution in [0.3, 0.4) is 0 Å².